The Bertz CT molecular complexity index is 164. The molecular weight excluding hydrogens is 134 g/mol. The van der Waals surface area contributed by atoms with Gasteiger partial charge in [0.25, 0.3) is 0 Å². The highest BCUT2D eigenvalue weighted by molar-refractivity contribution is 5.08. The van der Waals surface area contributed by atoms with E-state index in [0.29, 0.717) is 0 Å². The van der Waals surface area contributed by atoms with E-state index < -0.39 is 0 Å². The van der Waals surface area contributed by atoms with Gasteiger partial charge in [-0.1, -0.05) is 12.8 Å². The quantitative estimate of drug-likeness (QED) is 0.596. The van der Waals surface area contributed by atoms with E-state index in [4.69, 9.17) is 0 Å². The number of likely N-dealkylation sites (tertiary alicyclic amines) is 1. The monoisotopic (exact) mass is 151 g/mol. The minimum absolute atomic E-state index is 0.763. The first-order valence-corrected chi connectivity index (χ1v) is 5.14. The second-order valence-corrected chi connectivity index (χ2v) is 4.71. The summed E-state index contributed by atoms with van der Waals surface area (Å²) >= 11 is 0. The third-order valence-corrected chi connectivity index (χ3v) is 3.72. The lowest BCUT2D eigenvalue weighted by molar-refractivity contribution is 0.0903. The third kappa shape index (κ3) is 1.01. The standard InChI is InChI=1S/C10H17N/c1-6-11(7-1)10(4-5-10)8-9-2-3-9/h9H,1-8H2. The van der Waals surface area contributed by atoms with E-state index >= 15 is 0 Å². The summed E-state index contributed by atoms with van der Waals surface area (Å²) in [5, 5.41) is 0. The van der Waals surface area contributed by atoms with Crippen LogP contribution in [0.5, 0.6) is 0 Å². The summed E-state index contributed by atoms with van der Waals surface area (Å²) in [6.45, 7) is 2.82. The van der Waals surface area contributed by atoms with Crippen LogP contribution in [-0.2, 0) is 0 Å². The second kappa shape index (κ2) is 2.01. The predicted molar refractivity (Wildman–Crippen MR) is 45.5 cm³/mol. The molecule has 0 aromatic rings. The van der Waals surface area contributed by atoms with E-state index in [1.165, 1.54) is 45.2 Å². The molecule has 1 heteroatoms. The van der Waals surface area contributed by atoms with Crippen LogP contribution in [0.25, 0.3) is 0 Å². The van der Waals surface area contributed by atoms with Crippen molar-refractivity contribution in [3.63, 3.8) is 0 Å². The molecule has 2 saturated carbocycles. The van der Waals surface area contributed by atoms with E-state index in [1.807, 2.05) is 0 Å². The molecule has 1 saturated heterocycles. The van der Waals surface area contributed by atoms with Crippen LogP contribution >= 0.6 is 0 Å². The Labute approximate surface area is 68.8 Å². The Balaban J connectivity index is 1.62. The van der Waals surface area contributed by atoms with Crippen LogP contribution in [0.3, 0.4) is 0 Å². The summed E-state index contributed by atoms with van der Waals surface area (Å²) in [5.41, 5.74) is 0.763. The van der Waals surface area contributed by atoms with Crippen LogP contribution in [0.2, 0.25) is 0 Å². The minimum Gasteiger partial charge on any atom is -0.298 e. The van der Waals surface area contributed by atoms with Gasteiger partial charge in [0, 0.05) is 5.54 Å². The van der Waals surface area contributed by atoms with Crippen molar-refractivity contribution in [1.29, 1.82) is 0 Å². The van der Waals surface area contributed by atoms with Gasteiger partial charge >= 0.3 is 0 Å². The second-order valence-electron chi connectivity index (χ2n) is 4.71. The smallest absolute Gasteiger partial charge is 0.0213 e. The first kappa shape index (κ1) is 6.47. The normalized spacial score (nSPS) is 34.9. The van der Waals surface area contributed by atoms with Gasteiger partial charge in [-0.05, 0) is 44.7 Å². The number of hydrogen-bond donors (Lipinski definition) is 0. The largest absolute Gasteiger partial charge is 0.298 e. The summed E-state index contributed by atoms with van der Waals surface area (Å²) < 4.78 is 0. The highest BCUT2D eigenvalue weighted by atomic mass is 15.3. The van der Waals surface area contributed by atoms with Crippen molar-refractivity contribution >= 4 is 0 Å². The zero-order valence-corrected chi connectivity index (χ0v) is 7.18. The maximum Gasteiger partial charge on any atom is 0.0213 e. The van der Waals surface area contributed by atoms with E-state index in [0.717, 1.165) is 11.5 Å². The zero-order chi connectivity index (χ0) is 7.31. The lowest BCUT2D eigenvalue weighted by Gasteiger charge is -2.39. The average Bonchev–Trinajstić information content (AvgIpc) is 2.66. The van der Waals surface area contributed by atoms with Crippen LogP contribution in [0.4, 0.5) is 0 Å². The summed E-state index contributed by atoms with van der Waals surface area (Å²) in [4.78, 5) is 2.74. The predicted octanol–water partition coefficient (Wildman–Crippen LogP) is 2.02. The molecule has 0 aromatic heterocycles. The van der Waals surface area contributed by atoms with Gasteiger partial charge in [0.15, 0.2) is 0 Å². The van der Waals surface area contributed by atoms with Gasteiger partial charge in [-0.2, -0.15) is 0 Å². The Morgan fingerprint density at radius 3 is 2.27 bits per heavy atom. The lowest BCUT2D eigenvalue weighted by atomic mass is 10.0. The average molecular weight is 151 g/mol. The van der Waals surface area contributed by atoms with Crippen LogP contribution in [0, 0.1) is 5.92 Å². The number of rotatable bonds is 3. The van der Waals surface area contributed by atoms with Gasteiger partial charge in [-0.25, -0.2) is 0 Å². The molecule has 2 aliphatic carbocycles. The van der Waals surface area contributed by atoms with Gasteiger partial charge in [0.1, 0.15) is 0 Å². The molecule has 0 bridgehead atoms. The number of hydrogen-bond acceptors (Lipinski definition) is 1. The van der Waals surface area contributed by atoms with Crippen molar-refractivity contribution in [3.8, 4) is 0 Å². The van der Waals surface area contributed by atoms with Crippen molar-refractivity contribution in [2.24, 2.45) is 5.92 Å². The van der Waals surface area contributed by atoms with Gasteiger partial charge in [-0.15, -0.1) is 0 Å². The molecule has 1 aliphatic heterocycles. The van der Waals surface area contributed by atoms with Crippen molar-refractivity contribution in [2.75, 3.05) is 13.1 Å². The fourth-order valence-corrected chi connectivity index (χ4v) is 2.44. The summed E-state index contributed by atoms with van der Waals surface area (Å²) in [7, 11) is 0. The van der Waals surface area contributed by atoms with E-state index in [2.05, 4.69) is 4.90 Å². The number of nitrogens with zero attached hydrogens (tertiary/aromatic N) is 1. The Morgan fingerprint density at radius 1 is 1.18 bits per heavy atom. The molecule has 1 nitrogen and oxygen atoms in total. The first-order chi connectivity index (χ1) is 5.39. The van der Waals surface area contributed by atoms with Gasteiger partial charge in [-0.3, -0.25) is 4.90 Å². The molecule has 3 rings (SSSR count). The third-order valence-electron chi connectivity index (χ3n) is 3.72. The summed E-state index contributed by atoms with van der Waals surface area (Å²) in [6.07, 6.45) is 9.12. The van der Waals surface area contributed by atoms with Crippen molar-refractivity contribution in [3.05, 3.63) is 0 Å². The summed E-state index contributed by atoms with van der Waals surface area (Å²) in [6, 6.07) is 0. The molecule has 0 spiro atoms. The molecule has 0 aromatic carbocycles. The Hall–Kier alpha value is -0.0400. The maximum absolute atomic E-state index is 2.74. The molecule has 3 fully saturated rings. The van der Waals surface area contributed by atoms with E-state index in [9.17, 15) is 0 Å². The molecule has 3 aliphatic rings. The topological polar surface area (TPSA) is 3.24 Å². The van der Waals surface area contributed by atoms with Crippen LogP contribution in [-0.4, -0.2) is 23.5 Å². The van der Waals surface area contributed by atoms with E-state index in [-0.39, 0.29) is 0 Å². The van der Waals surface area contributed by atoms with Gasteiger partial charge in [0.05, 0.1) is 0 Å². The molecule has 62 valence electrons. The first-order valence-electron chi connectivity index (χ1n) is 5.14. The molecule has 0 amide bonds. The van der Waals surface area contributed by atoms with Crippen LogP contribution in [0.1, 0.15) is 38.5 Å². The maximum atomic E-state index is 2.74. The SMILES string of the molecule is C1CN(C2(CC3CC3)CC2)C1. The zero-order valence-electron chi connectivity index (χ0n) is 7.18. The Morgan fingerprint density at radius 2 is 1.91 bits per heavy atom. The van der Waals surface area contributed by atoms with Crippen LogP contribution in [0.15, 0.2) is 0 Å². The highest BCUT2D eigenvalue weighted by Crippen LogP contribution is 2.52. The molecule has 0 N–H and O–H groups in total. The Kier molecular flexibility index (Phi) is 1.18. The molecule has 0 radical (unpaired) electrons. The fraction of sp³-hybridized carbons (Fsp3) is 1.00. The highest BCUT2D eigenvalue weighted by Gasteiger charge is 2.51. The van der Waals surface area contributed by atoms with Gasteiger partial charge in [0.2, 0.25) is 0 Å². The van der Waals surface area contributed by atoms with Gasteiger partial charge < -0.3 is 0 Å². The van der Waals surface area contributed by atoms with E-state index in [1.54, 1.807) is 6.42 Å². The molecular formula is C10H17N. The minimum atomic E-state index is 0.763. The van der Waals surface area contributed by atoms with Crippen molar-refractivity contribution in [1.82, 2.24) is 4.90 Å². The van der Waals surface area contributed by atoms with Crippen molar-refractivity contribution < 1.29 is 0 Å². The van der Waals surface area contributed by atoms with Crippen LogP contribution < -0.4 is 0 Å². The fourth-order valence-electron chi connectivity index (χ4n) is 2.44. The molecule has 1 heterocycles. The van der Waals surface area contributed by atoms with Crippen molar-refractivity contribution in [2.45, 2.75) is 44.1 Å². The summed E-state index contributed by atoms with van der Waals surface area (Å²) in [5.74, 6) is 1.14. The lowest BCUT2D eigenvalue weighted by Crippen LogP contribution is -2.47. The molecule has 0 unspecified atom stereocenters. The molecule has 0 atom stereocenters. The molecule has 11 heavy (non-hydrogen) atoms.